The first-order valence-corrected chi connectivity index (χ1v) is 11.5. The molecule has 2 amide bonds. The van der Waals surface area contributed by atoms with Crippen LogP contribution < -0.4 is 0 Å². The highest BCUT2D eigenvalue weighted by Gasteiger charge is 2.45. The molecule has 0 aromatic heterocycles. The first kappa shape index (κ1) is 19.1. The predicted molar refractivity (Wildman–Crippen MR) is 112 cm³/mol. The maximum absolute atomic E-state index is 12.7. The lowest BCUT2D eigenvalue weighted by Crippen LogP contribution is -2.62. The van der Waals surface area contributed by atoms with Crippen LogP contribution in [0.4, 0.5) is 0 Å². The Hall–Kier alpha value is -1.88. The van der Waals surface area contributed by atoms with Crippen LogP contribution in [-0.2, 0) is 16.0 Å². The molecule has 5 rings (SSSR count). The number of nitrogens with zero attached hydrogens (tertiary/aromatic N) is 3. The van der Waals surface area contributed by atoms with E-state index in [0.717, 1.165) is 64.0 Å². The van der Waals surface area contributed by atoms with E-state index in [2.05, 4.69) is 14.7 Å². The van der Waals surface area contributed by atoms with E-state index in [0.29, 0.717) is 36.2 Å². The normalized spacial score (nSPS) is 30.9. The number of likely N-dealkylation sites (tertiary alicyclic amines) is 2. The molecule has 1 aromatic rings. The van der Waals surface area contributed by atoms with E-state index in [9.17, 15) is 9.59 Å². The Labute approximate surface area is 174 Å². The van der Waals surface area contributed by atoms with Crippen LogP contribution in [-0.4, -0.2) is 71.3 Å². The lowest BCUT2D eigenvalue weighted by atomic mass is 9.75. The summed E-state index contributed by atoms with van der Waals surface area (Å²) in [6, 6.07) is 11.2. The van der Waals surface area contributed by atoms with Crippen molar-refractivity contribution >= 4 is 11.8 Å². The Bertz CT molecular complexity index is 744. The fourth-order valence-corrected chi connectivity index (χ4v) is 6.31. The zero-order chi connectivity index (χ0) is 19.8. The second-order valence-corrected chi connectivity index (χ2v) is 9.60. The molecule has 4 aliphatic heterocycles. The Kier molecular flexibility index (Phi) is 5.33. The summed E-state index contributed by atoms with van der Waals surface area (Å²) in [5.74, 6) is 1.96. The minimum Gasteiger partial charge on any atom is -0.342 e. The van der Waals surface area contributed by atoms with Crippen molar-refractivity contribution in [3.63, 3.8) is 0 Å². The maximum atomic E-state index is 12.7. The van der Waals surface area contributed by atoms with E-state index < -0.39 is 0 Å². The largest absolute Gasteiger partial charge is 0.342 e. The summed E-state index contributed by atoms with van der Waals surface area (Å²) in [7, 11) is 0. The zero-order valence-electron chi connectivity index (χ0n) is 17.3. The number of carbonyl (C=O) groups is 2. The van der Waals surface area contributed by atoms with E-state index in [1.165, 1.54) is 12.8 Å². The first-order chi connectivity index (χ1) is 14.2. The van der Waals surface area contributed by atoms with Gasteiger partial charge in [-0.3, -0.25) is 14.5 Å². The topological polar surface area (TPSA) is 43.9 Å². The van der Waals surface area contributed by atoms with Crippen molar-refractivity contribution in [3.8, 4) is 0 Å². The number of benzene rings is 1. The molecular weight excluding hydrogens is 362 g/mol. The molecule has 5 heteroatoms. The van der Waals surface area contributed by atoms with Gasteiger partial charge in [0.05, 0.1) is 6.42 Å². The van der Waals surface area contributed by atoms with Gasteiger partial charge in [-0.25, -0.2) is 0 Å². The van der Waals surface area contributed by atoms with E-state index in [1.807, 2.05) is 30.3 Å². The van der Waals surface area contributed by atoms with Crippen molar-refractivity contribution in [2.24, 2.45) is 11.8 Å². The van der Waals surface area contributed by atoms with Crippen LogP contribution in [0, 0.1) is 11.8 Å². The lowest BCUT2D eigenvalue weighted by molar-refractivity contribution is -0.146. The molecule has 4 saturated heterocycles. The van der Waals surface area contributed by atoms with Gasteiger partial charge in [0, 0.05) is 51.2 Å². The van der Waals surface area contributed by atoms with Gasteiger partial charge in [0.1, 0.15) is 0 Å². The maximum Gasteiger partial charge on any atom is 0.226 e. The average molecular weight is 396 g/mol. The number of piperidine rings is 4. The van der Waals surface area contributed by atoms with E-state index in [4.69, 9.17) is 0 Å². The van der Waals surface area contributed by atoms with Crippen molar-refractivity contribution in [1.82, 2.24) is 14.7 Å². The Morgan fingerprint density at radius 3 is 2.59 bits per heavy atom. The van der Waals surface area contributed by atoms with E-state index >= 15 is 0 Å². The Morgan fingerprint density at radius 1 is 1.00 bits per heavy atom. The second kappa shape index (κ2) is 8.10. The Morgan fingerprint density at radius 2 is 1.79 bits per heavy atom. The molecule has 4 aliphatic rings. The zero-order valence-corrected chi connectivity index (χ0v) is 17.3. The third kappa shape index (κ3) is 3.94. The fraction of sp³-hybridized carbons (Fsp3) is 0.667. The number of fused-ring (bicyclic) bond motifs is 4. The summed E-state index contributed by atoms with van der Waals surface area (Å²) in [5.41, 5.74) is 1.11. The number of amides is 2. The summed E-state index contributed by atoms with van der Waals surface area (Å²) in [6.45, 7) is 5.03. The summed E-state index contributed by atoms with van der Waals surface area (Å²) in [6.07, 6.45) is 7.03. The molecule has 0 aliphatic carbocycles. The molecular formula is C24H33N3O2. The van der Waals surface area contributed by atoms with Crippen molar-refractivity contribution in [3.05, 3.63) is 35.9 Å². The third-order valence-electron chi connectivity index (χ3n) is 7.74. The van der Waals surface area contributed by atoms with Crippen LogP contribution in [0.1, 0.15) is 44.1 Å². The molecule has 5 nitrogen and oxygen atoms in total. The molecule has 2 bridgehead atoms. The number of rotatable bonds is 3. The van der Waals surface area contributed by atoms with Gasteiger partial charge in [0.25, 0.3) is 0 Å². The molecule has 3 atom stereocenters. The van der Waals surface area contributed by atoms with Crippen LogP contribution in [0.5, 0.6) is 0 Å². The number of hydrogen-bond donors (Lipinski definition) is 0. The van der Waals surface area contributed by atoms with Gasteiger partial charge in [-0.05, 0) is 49.5 Å². The van der Waals surface area contributed by atoms with Gasteiger partial charge >= 0.3 is 0 Å². The smallest absolute Gasteiger partial charge is 0.226 e. The highest BCUT2D eigenvalue weighted by Crippen LogP contribution is 2.39. The molecule has 0 spiro atoms. The lowest BCUT2D eigenvalue weighted by Gasteiger charge is -2.54. The van der Waals surface area contributed by atoms with Crippen LogP contribution >= 0.6 is 0 Å². The molecule has 1 aromatic carbocycles. The van der Waals surface area contributed by atoms with Gasteiger partial charge < -0.3 is 9.80 Å². The van der Waals surface area contributed by atoms with E-state index in [1.54, 1.807) is 0 Å². The highest BCUT2D eigenvalue weighted by atomic mass is 16.2. The molecule has 0 radical (unpaired) electrons. The third-order valence-corrected chi connectivity index (χ3v) is 7.74. The SMILES string of the molecule is O=C(Cc1ccccc1)N1CCC(N2C[C@H]3C[C@H](C2)[C@H]2CCCC(=O)N2C3)CC1. The second-order valence-electron chi connectivity index (χ2n) is 9.60. The standard InChI is InChI=1S/C24H33N3O2/c28-23-8-4-7-22-20-13-19(16-27(22)23)15-26(17-20)21-9-11-25(12-10-21)24(29)14-18-5-2-1-3-6-18/h1-3,5-6,19-22H,4,7-17H2/t19-,20-,22-/m1/s1. The van der Waals surface area contributed by atoms with Gasteiger partial charge in [-0.1, -0.05) is 30.3 Å². The summed E-state index contributed by atoms with van der Waals surface area (Å²) in [5, 5.41) is 0. The van der Waals surface area contributed by atoms with Crippen molar-refractivity contribution in [1.29, 1.82) is 0 Å². The molecule has 0 saturated carbocycles. The monoisotopic (exact) mass is 395 g/mol. The van der Waals surface area contributed by atoms with Crippen molar-refractivity contribution < 1.29 is 9.59 Å². The summed E-state index contributed by atoms with van der Waals surface area (Å²) >= 11 is 0. The summed E-state index contributed by atoms with van der Waals surface area (Å²) < 4.78 is 0. The molecule has 4 heterocycles. The van der Waals surface area contributed by atoms with Crippen molar-refractivity contribution in [2.45, 2.75) is 57.0 Å². The highest BCUT2D eigenvalue weighted by molar-refractivity contribution is 5.79. The van der Waals surface area contributed by atoms with E-state index in [-0.39, 0.29) is 5.91 Å². The van der Waals surface area contributed by atoms with Gasteiger partial charge in [-0.2, -0.15) is 0 Å². The predicted octanol–water partition coefficient (Wildman–Crippen LogP) is 2.55. The molecule has 0 N–H and O–H groups in total. The van der Waals surface area contributed by atoms with Gasteiger partial charge in [-0.15, -0.1) is 0 Å². The average Bonchev–Trinajstić information content (AvgIpc) is 2.75. The molecule has 29 heavy (non-hydrogen) atoms. The number of hydrogen-bond acceptors (Lipinski definition) is 3. The van der Waals surface area contributed by atoms with Crippen LogP contribution in [0.25, 0.3) is 0 Å². The Balaban J connectivity index is 1.16. The minimum atomic E-state index is 0.265. The first-order valence-electron chi connectivity index (χ1n) is 11.5. The molecule has 0 unspecified atom stereocenters. The van der Waals surface area contributed by atoms with Gasteiger partial charge in [0.15, 0.2) is 0 Å². The van der Waals surface area contributed by atoms with Crippen LogP contribution in [0.15, 0.2) is 30.3 Å². The van der Waals surface area contributed by atoms with Gasteiger partial charge in [0.2, 0.25) is 11.8 Å². The quantitative estimate of drug-likeness (QED) is 0.790. The summed E-state index contributed by atoms with van der Waals surface area (Å²) in [4.78, 5) is 32.0. The minimum absolute atomic E-state index is 0.265. The molecule has 4 fully saturated rings. The number of carbonyl (C=O) groups excluding carboxylic acids is 2. The van der Waals surface area contributed by atoms with Crippen LogP contribution in [0.3, 0.4) is 0 Å². The molecule has 156 valence electrons. The fourth-order valence-electron chi connectivity index (χ4n) is 6.31. The van der Waals surface area contributed by atoms with Crippen molar-refractivity contribution in [2.75, 3.05) is 32.7 Å². The van der Waals surface area contributed by atoms with Crippen LogP contribution in [0.2, 0.25) is 0 Å².